The lowest BCUT2D eigenvalue weighted by Crippen LogP contribution is -2.45. The highest BCUT2D eigenvalue weighted by molar-refractivity contribution is 6.27. The van der Waals surface area contributed by atoms with Crippen molar-refractivity contribution in [1.82, 2.24) is 10.2 Å². The Morgan fingerprint density at radius 1 is 1.42 bits per heavy atom. The lowest BCUT2D eigenvalue weighted by atomic mass is 10.4. The zero-order valence-corrected chi connectivity index (χ0v) is 8.97. The zero-order chi connectivity index (χ0) is 8.81. The largest absolute Gasteiger partial charge is 0.414 e. The number of hydrogen-bond donors (Lipinski definition) is 1. The topological polar surface area (TPSA) is 24.5 Å². The number of nitrogens with one attached hydrogen (secondary N) is 1. The lowest BCUT2D eigenvalue weighted by molar-refractivity contribution is 0.226. The molecule has 0 atom stereocenters. The van der Waals surface area contributed by atoms with Crippen LogP contribution in [-0.2, 0) is 4.43 Å². The van der Waals surface area contributed by atoms with Crippen LogP contribution < -0.4 is 5.32 Å². The van der Waals surface area contributed by atoms with Crippen LogP contribution in [0.4, 0.5) is 0 Å². The summed E-state index contributed by atoms with van der Waals surface area (Å²) in [6.07, 6.45) is 1.49. The van der Waals surface area contributed by atoms with E-state index < -0.39 is 0 Å². The molecule has 0 unspecified atom stereocenters. The molecule has 0 aliphatic carbocycles. The number of hydrogen-bond acceptors (Lipinski definition) is 3. The number of rotatable bonds is 4. The monoisotopic (exact) mass is 186 g/mol. The Balaban J connectivity index is 1.98. The van der Waals surface area contributed by atoms with Crippen LogP contribution in [0.2, 0.25) is 0 Å². The van der Waals surface area contributed by atoms with E-state index in [0.717, 1.165) is 19.3 Å². The van der Waals surface area contributed by atoms with Crippen molar-refractivity contribution in [1.29, 1.82) is 0 Å². The van der Waals surface area contributed by atoms with Gasteiger partial charge < -0.3 is 14.6 Å². The second-order valence-corrected chi connectivity index (χ2v) is 4.18. The third-order valence-electron chi connectivity index (χ3n) is 1.82. The molecule has 0 saturated carbocycles. The van der Waals surface area contributed by atoms with Crippen LogP contribution in [0.1, 0.15) is 13.8 Å². The molecule has 12 heavy (non-hydrogen) atoms. The van der Waals surface area contributed by atoms with Crippen molar-refractivity contribution in [2.75, 3.05) is 32.3 Å². The molecule has 0 spiro atoms. The quantitative estimate of drug-likeness (QED) is 0.620. The van der Waals surface area contributed by atoms with E-state index in [1.54, 1.807) is 0 Å². The van der Waals surface area contributed by atoms with E-state index in [0.29, 0.717) is 15.9 Å². The Morgan fingerprint density at radius 2 is 2.08 bits per heavy atom. The van der Waals surface area contributed by atoms with Crippen molar-refractivity contribution < 1.29 is 4.43 Å². The predicted octanol–water partition coefficient (Wildman–Crippen LogP) is -0.107. The maximum Gasteiger partial charge on any atom is 0.245 e. The summed E-state index contributed by atoms with van der Waals surface area (Å²) in [7, 11) is 0.642. The molecular weight excluding hydrogens is 168 g/mol. The molecule has 1 saturated heterocycles. The third-order valence-corrected chi connectivity index (χ3v) is 3.03. The van der Waals surface area contributed by atoms with Gasteiger partial charge in [-0.3, -0.25) is 0 Å². The fourth-order valence-corrected chi connectivity index (χ4v) is 2.07. The van der Waals surface area contributed by atoms with E-state index in [1.165, 1.54) is 13.1 Å². The fourth-order valence-electron chi connectivity index (χ4n) is 1.16. The molecule has 0 bridgehead atoms. The Kier molecular flexibility index (Phi) is 4.83. The van der Waals surface area contributed by atoms with Crippen LogP contribution in [0.5, 0.6) is 0 Å². The summed E-state index contributed by atoms with van der Waals surface area (Å²) in [6, 6.07) is 0. The fraction of sp³-hybridized carbons (Fsp3) is 1.00. The van der Waals surface area contributed by atoms with Crippen LogP contribution in [0.25, 0.3) is 0 Å². The van der Waals surface area contributed by atoms with Crippen molar-refractivity contribution in [3.05, 3.63) is 0 Å². The van der Waals surface area contributed by atoms with Gasteiger partial charge in [0.1, 0.15) is 0 Å². The number of piperazine rings is 1. The van der Waals surface area contributed by atoms with Gasteiger partial charge in [-0.1, -0.05) is 0 Å². The van der Waals surface area contributed by atoms with Gasteiger partial charge in [0.25, 0.3) is 0 Å². The van der Waals surface area contributed by atoms with Gasteiger partial charge in [0.2, 0.25) is 9.76 Å². The first-order chi connectivity index (χ1) is 5.79. The van der Waals surface area contributed by atoms with Crippen LogP contribution in [-0.4, -0.2) is 53.1 Å². The van der Waals surface area contributed by atoms with Gasteiger partial charge in [-0.25, -0.2) is 0 Å². The molecule has 0 aromatic heterocycles. The minimum atomic E-state index is 0.381. The third kappa shape index (κ3) is 4.20. The Bertz CT molecular complexity index is 116. The standard InChI is InChI=1S/C8H18N2OSi/c1-8(2)11-12-7-10-5-3-9-4-6-10/h8-9H,3-7H2,1-2H3. The molecule has 1 aliphatic heterocycles. The van der Waals surface area contributed by atoms with E-state index in [-0.39, 0.29) is 0 Å². The van der Waals surface area contributed by atoms with Gasteiger partial charge >= 0.3 is 0 Å². The molecule has 1 rings (SSSR count). The normalized spacial score (nSPS) is 20.2. The number of nitrogens with zero attached hydrogens (tertiary/aromatic N) is 1. The highest BCUT2D eigenvalue weighted by atomic mass is 28.2. The smallest absolute Gasteiger partial charge is 0.245 e. The molecular formula is C8H18N2OSi. The molecule has 4 heteroatoms. The second kappa shape index (κ2) is 5.69. The predicted molar refractivity (Wildman–Crippen MR) is 51.3 cm³/mol. The molecule has 2 radical (unpaired) electrons. The van der Waals surface area contributed by atoms with E-state index in [1.807, 2.05) is 0 Å². The first-order valence-corrected chi connectivity index (χ1v) is 5.72. The lowest BCUT2D eigenvalue weighted by Gasteiger charge is -2.26. The summed E-state index contributed by atoms with van der Waals surface area (Å²) in [5.41, 5.74) is 0. The molecule has 70 valence electrons. The van der Waals surface area contributed by atoms with Crippen molar-refractivity contribution in [3.63, 3.8) is 0 Å². The summed E-state index contributed by atoms with van der Waals surface area (Å²) in [5, 5.41) is 3.33. The maximum atomic E-state index is 5.51. The molecule has 1 heterocycles. The summed E-state index contributed by atoms with van der Waals surface area (Å²) < 4.78 is 5.51. The molecule has 3 nitrogen and oxygen atoms in total. The van der Waals surface area contributed by atoms with Gasteiger partial charge in [0.05, 0.1) is 0 Å². The van der Waals surface area contributed by atoms with Crippen molar-refractivity contribution in [2.45, 2.75) is 20.0 Å². The van der Waals surface area contributed by atoms with Crippen LogP contribution in [0.3, 0.4) is 0 Å². The minimum absolute atomic E-state index is 0.381. The van der Waals surface area contributed by atoms with Crippen molar-refractivity contribution >= 4 is 9.76 Å². The van der Waals surface area contributed by atoms with E-state index in [9.17, 15) is 0 Å². The summed E-state index contributed by atoms with van der Waals surface area (Å²) in [6.45, 7) is 8.79. The van der Waals surface area contributed by atoms with E-state index >= 15 is 0 Å². The van der Waals surface area contributed by atoms with Crippen molar-refractivity contribution in [3.8, 4) is 0 Å². The van der Waals surface area contributed by atoms with Gasteiger partial charge in [-0.15, -0.1) is 0 Å². The van der Waals surface area contributed by atoms with Gasteiger partial charge in [0.15, 0.2) is 0 Å². The van der Waals surface area contributed by atoms with Crippen LogP contribution >= 0.6 is 0 Å². The van der Waals surface area contributed by atoms with Gasteiger partial charge in [-0.2, -0.15) is 0 Å². The average molecular weight is 186 g/mol. The first kappa shape index (κ1) is 10.2. The summed E-state index contributed by atoms with van der Waals surface area (Å²) >= 11 is 0. The summed E-state index contributed by atoms with van der Waals surface area (Å²) in [4.78, 5) is 2.46. The van der Waals surface area contributed by atoms with Crippen molar-refractivity contribution in [2.24, 2.45) is 0 Å². The first-order valence-electron chi connectivity index (χ1n) is 4.60. The minimum Gasteiger partial charge on any atom is -0.414 e. The SMILES string of the molecule is CC(C)O[Si]CN1CCNCC1. The van der Waals surface area contributed by atoms with Crippen LogP contribution in [0, 0.1) is 0 Å². The molecule has 1 N–H and O–H groups in total. The molecule has 0 aromatic rings. The highest BCUT2D eigenvalue weighted by Crippen LogP contribution is 1.92. The molecule has 1 fully saturated rings. The molecule has 0 aromatic carbocycles. The van der Waals surface area contributed by atoms with Gasteiger partial charge in [-0.05, 0) is 13.8 Å². The summed E-state index contributed by atoms with van der Waals surface area (Å²) in [5.74, 6) is 0. The molecule has 1 aliphatic rings. The zero-order valence-electron chi connectivity index (χ0n) is 7.97. The Labute approximate surface area is 77.4 Å². The van der Waals surface area contributed by atoms with Crippen LogP contribution in [0.15, 0.2) is 0 Å². The highest BCUT2D eigenvalue weighted by Gasteiger charge is 2.09. The average Bonchev–Trinajstić information content (AvgIpc) is 2.05. The Morgan fingerprint density at radius 3 is 2.67 bits per heavy atom. The van der Waals surface area contributed by atoms with E-state index in [4.69, 9.17) is 4.43 Å². The van der Waals surface area contributed by atoms with Gasteiger partial charge in [0, 0.05) is 38.5 Å². The van der Waals surface area contributed by atoms with E-state index in [2.05, 4.69) is 24.1 Å². The Hall–Kier alpha value is 0.0969. The maximum absolute atomic E-state index is 5.51. The second-order valence-electron chi connectivity index (χ2n) is 3.34. The molecule has 0 amide bonds.